The topological polar surface area (TPSA) is 80.3 Å². The first-order valence-corrected chi connectivity index (χ1v) is 7.84. The number of ether oxygens (including phenoxy) is 1. The number of pyridine rings is 1. The van der Waals surface area contributed by atoms with Gasteiger partial charge in [0.1, 0.15) is 5.82 Å². The number of anilines is 2. The van der Waals surface area contributed by atoms with Crippen LogP contribution in [0.25, 0.3) is 0 Å². The molecule has 6 heteroatoms. The number of carbonyl (C=O) groups excluding carboxylic acids is 2. The van der Waals surface area contributed by atoms with Crippen LogP contribution in [-0.2, 0) is 4.74 Å². The zero-order valence-corrected chi connectivity index (χ0v) is 13.8. The smallest absolute Gasteiger partial charge is 0.339 e. The molecule has 1 amide bonds. The third kappa shape index (κ3) is 4.55. The highest BCUT2D eigenvalue weighted by molar-refractivity contribution is 6.08. The number of aromatic nitrogens is 1. The summed E-state index contributed by atoms with van der Waals surface area (Å²) in [5.74, 6) is -0.160. The van der Waals surface area contributed by atoms with Gasteiger partial charge in [0.15, 0.2) is 0 Å². The number of unbranched alkanes of at least 4 members (excludes halogenated alkanes) is 1. The maximum absolute atomic E-state index is 12.4. The molecule has 0 bridgehead atoms. The molecule has 0 radical (unpaired) electrons. The van der Waals surface area contributed by atoms with Crippen LogP contribution < -0.4 is 10.6 Å². The second-order valence-electron chi connectivity index (χ2n) is 5.20. The quantitative estimate of drug-likeness (QED) is 0.602. The van der Waals surface area contributed by atoms with Crippen LogP contribution in [0.15, 0.2) is 42.6 Å². The maximum atomic E-state index is 12.4. The summed E-state index contributed by atoms with van der Waals surface area (Å²) in [5, 5.41) is 5.92. The summed E-state index contributed by atoms with van der Waals surface area (Å²) < 4.78 is 4.73. The third-order valence-corrected chi connectivity index (χ3v) is 3.44. The largest absolute Gasteiger partial charge is 0.465 e. The van der Waals surface area contributed by atoms with Crippen molar-refractivity contribution in [2.45, 2.75) is 19.8 Å². The summed E-state index contributed by atoms with van der Waals surface area (Å²) >= 11 is 0. The average molecular weight is 327 g/mol. The van der Waals surface area contributed by atoms with Crippen LogP contribution in [-0.4, -0.2) is 30.5 Å². The number of nitrogens with zero attached hydrogens (tertiary/aromatic N) is 1. The second-order valence-corrected chi connectivity index (χ2v) is 5.20. The van der Waals surface area contributed by atoms with Crippen LogP contribution in [0.5, 0.6) is 0 Å². The second kappa shape index (κ2) is 8.67. The molecule has 6 nitrogen and oxygen atoms in total. The lowest BCUT2D eigenvalue weighted by atomic mass is 10.1. The van der Waals surface area contributed by atoms with Crippen molar-refractivity contribution in [1.82, 2.24) is 4.98 Å². The molecule has 126 valence electrons. The number of methoxy groups -OCH3 is 1. The van der Waals surface area contributed by atoms with Crippen LogP contribution in [0.1, 0.15) is 40.5 Å². The fourth-order valence-electron chi connectivity index (χ4n) is 2.14. The lowest BCUT2D eigenvalue weighted by Crippen LogP contribution is -2.16. The predicted molar refractivity (Wildman–Crippen MR) is 93.4 cm³/mol. The Morgan fingerprint density at radius 2 is 2.00 bits per heavy atom. The number of hydrogen-bond acceptors (Lipinski definition) is 5. The zero-order valence-electron chi connectivity index (χ0n) is 13.8. The van der Waals surface area contributed by atoms with Crippen molar-refractivity contribution in [2.24, 2.45) is 0 Å². The third-order valence-electron chi connectivity index (χ3n) is 3.44. The highest BCUT2D eigenvalue weighted by Gasteiger charge is 2.14. The van der Waals surface area contributed by atoms with Crippen molar-refractivity contribution in [2.75, 3.05) is 24.3 Å². The van der Waals surface area contributed by atoms with Crippen LogP contribution in [0.3, 0.4) is 0 Å². The molecule has 0 spiro atoms. The summed E-state index contributed by atoms with van der Waals surface area (Å²) in [6, 6.07) is 10.0. The van der Waals surface area contributed by atoms with Gasteiger partial charge in [0.2, 0.25) is 0 Å². The van der Waals surface area contributed by atoms with E-state index >= 15 is 0 Å². The molecule has 0 saturated heterocycles. The number of esters is 1. The molecule has 2 rings (SSSR count). The first-order chi connectivity index (χ1) is 11.7. The van der Waals surface area contributed by atoms with Crippen molar-refractivity contribution >= 4 is 23.4 Å². The van der Waals surface area contributed by atoms with Crippen LogP contribution in [0.2, 0.25) is 0 Å². The van der Waals surface area contributed by atoms with Crippen LogP contribution in [0.4, 0.5) is 11.5 Å². The Labute approximate surface area is 141 Å². The molecule has 0 aliphatic heterocycles. The Hall–Kier alpha value is -2.89. The minimum atomic E-state index is -0.498. The molecule has 2 aromatic rings. The van der Waals surface area contributed by atoms with Crippen molar-refractivity contribution in [3.05, 3.63) is 53.7 Å². The molecule has 0 aliphatic carbocycles. The van der Waals surface area contributed by atoms with Gasteiger partial charge in [0, 0.05) is 18.3 Å². The molecule has 0 saturated carbocycles. The number of rotatable bonds is 7. The first-order valence-electron chi connectivity index (χ1n) is 7.84. The van der Waals surface area contributed by atoms with Crippen molar-refractivity contribution in [3.63, 3.8) is 0 Å². The SMILES string of the molecule is CCCCNc1cc(C(=O)Nc2ccccc2C(=O)OC)ccn1. The summed E-state index contributed by atoms with van der Waals surface area (Å²) in [6.07, 6.45) is 3.69. The Kier molecular flexibility index (Phi) is 6.31. The molecule has 1 heterocycles. The molecule has 1 aromatic carbocycles. The van der Waals surface area contributed by atoms with Gasteiger partial charge in [0.05, 0.1) is 18.4 Å². The van der Waals surface area contributed by atoms with E-state index in [-0.39, 0.29) is 5.91 Å². The number of carbonyl (C=O) groups is 2. The van der Waals surface area contributed by atoms with Crippen molar-refractivity contribution in [1.29, 1.82) is 0 Å². The molecule has 0 fully saturated rings. The normalized spacial score (nSPS) is 10.1. The maximum Gasteiger partial charge on any atom is 0.339 e. The van der Waals surface area contributed by atoms with Crippen molar-refractivity contribution < 1.29 is 14.3 Å². The van der Waals surface area contributed by atoms with Gasteiger partial charge in [-0.1, -0.05) is 25.5 Å². The van der Waals surface area contributed by atoms with E-state index in [0.717, 1.165) is 19.4 Å². The minimum absolute atomic E-state index is 0.309. The van der Waals surface area contributed by atoms with Crippen LogP contribution in [0, 0.1) is 0 Å². The Balaban J connectivity index is 2.13. The first kappa shape index (κ1) is 17.5. The Bertz CT molecular complexity index is 716. The molecule has 2 N–H and O–H groups in total. The van der Waals surface area contributed by atoms with E-state index in [0.29, 0.717) is 22.6 Å². The Morgan fingerprint density at radius 3 is 2.75 bits per heavy atom. The summed E-state index contributed by atoms with van der Waals surface area (Å²) in [4.78, 5) is 28.4. The van der Waals surface area contributed by atoms with Gasteiger partial charge >= 0.3 is 5.97 Å². The molecule has 1 aromatic heterocycles. The number of nitrogens with one attached hydrogen (secondary N) is 2. The number of benzene rings is 1. The van der Waals surface area contributed by atoms with Crippen molar-refractivity contribution in [3.8, 4) is 0 Å². The zero-order chi connectivity index (χ0) is 17.4. The van der Waals surface area contributed by atoms with E-state index in [9.17, 15) is 9.59 Å². The Morgan fingerprint density at radius 1 is 1.21 bits per heavy atom. The van der Waals surface area contributed by atoms with E-state index in [1.165, 1.54) is 7.11 Å². The van der Waals surface area contributed by atoms with Gasteiger partial charge in [-0.3, -0.25) is 4.79 Å². The van der Waals surface area contributed by atoms with Gasteiger partial charge < -0.3 is 15.4 Å². The molecule has 24 heavy (non-hydrogen) atoms. The minimum Gasteiger partial charge on any atom is -0.465 e. The van der Waals surface area contributed by atoms with E-state index in [2.05, 4.69) is 22.5 Å². The lowest BCUT2D eigenvalue weighted by Gasteiger charge is -2.10. The summed E-state index contributed by atoms with van der Waals surface area (Å²) in [6.45, 7) is 2.91. The fourth-order valence-corrected chi connectivity index (χ4v) is 2.14. The average Bonchev–Trinajstić information content (AvgIpc) is 2.62. The molecule has 0 unspecified atom stereocenters. The number of para-hydroxylation sites is 1. The number of amides is 1. The lowest BCUT2D eigenvalue weighted by molar-refractivity contribution is 0.0602. The predicted octanol–water partition coefficient (Wildman–Crippen LogP) is 3.33. The van der Waals surface area contributed by atoms with E-state index in [1.54, 1.807) is 42.6 Å². The van der Waals surface area contributed by atoms with Gasteiger partial charge in [-0.15, -0.1) is 0 Å². The standard InChI is InChI=1S/C18H21N3O3/c1-3-4-10-19-16-12-13(9-11-20-16)17(22)21-15-8-6-5-7-14(15)18(23)24-2/h5-9,11-12H,3-4,10H2,1-2H3,(H,19,20)(H,21,22). The monoisotopic (exact) mass is 327 g/mol. The van der Waals surface area contributed by atoms with E-state index < -0.39 is 5.97 Å². The number of hydrogen-bond donors (Lipinski definition) is 2. The highest BCUT2D eigenvalue weighted by atomic mass is 16.5. The summed E-state index contributed by atoms with van der Waals surface area (Å²) in [7, 11) is 1.30. The van der Waals surface area contributed by atoms with Crippen LogP contribution >= 0.6 is 0 Å². The highest BCUT2D eigenvalue weighted by Crippen LogP contribution is 2.17. The molecular formula is C18H21N3O3. The van der Waals surface area contributed by atoms with Gasteiger partial charge in [-0.25, -0.2) is 9.78 Å². The molecular weight excluding hydrogens is 306 g/mol. The van der Waals surface area contributed by atoms with Gasteiger partial charge in [0.25, 0.3) is 5.91 Å². The summed E-state index contributed by atoms with van der Waals surface area (Å²) in [5.41, 5.74) is 1.18. The fraction of sp³-hybridized carbons (Fsp3) is 0.278. The van der Waals surface area contributed by atoms with E-state index in [4.69, 9.17) is 4.74 Å². The van der Waals surface area contributed by atoms with E-state index in [1.807, 2.05) is 0 Å². The molecule has 0 atom stereocenters. The van der Waals surface area contributed by atoms with Gasteiger partial charge in [-0.05, 0) is 30.7 Å². The molecule has 0 aliphatic rings. The van der Waals surface area contributed by atoms with Gasteiger partial charge in [-0.2, -0.15) is 0 Å².